The molecule has 0 atom stereocenters. The van der Waals surface area contributed by atoms with Crippen LogP contribution in [0.15, 0.2) is 0 Å². The van der Waals surface area contributed by atoms with E-state index in [-0.39, 0.29) is 0 Å². The van der Waals surface area contributed by atoms with Crippen molar-refractivity contribution < 1.29 is 6.92 Å². The second-order valence-electron chi connectivity index (χ2n) is 0.454. The van der Waals surface area contributed by atoms with Crippen LogP contribution in [0.25, 0.3) is 0 Å². The van der Waals surface area contributed by atoms with Gasteiger partial charge in [-0.15, -0.1) is 0 Å². The lowest BCUT2D eigenvalue weighted by atomic mass is 11.0. The maximum atomic E-state index is 6.84. The van der Waals surface area contributed by atoms with Crippen molar-refractivity contribution in [1.82, 2.24) is 0 Å². The third-order valence-corrected chi connectivity index (χ3v) is 0.500. The molecule has 1 nitrogen and oxygen atoms in total. The topological polar surface area (TPSA) is 9.23 Å². The molecule has 0 rings (SSSR count). The fourth-order valence-electron chi connectivity index (χ4n) is 0.0833. The molecule has 0 saturated heterocycles. The van der Waals surface area contributed by atoms with Crippen LogP contribution in [0.4, 0.5) is 0 Å². The van der Waals surface area contributed by atoms with Crippen LogP contribution in [0.5, 0.6) is 0 Å². The van der Waals surface area contributed by atoms with Crippen molar-refractivity contribution in [3.8, 4) is 0 Å². The zero-order valence-corrected chi connectivity index (χ0v) is 4.13. The third-order valence-electron chi connectivity index (χ3n) is 0.167. The highest BCUT2D eigenvalue weighted by molar-refractivity contribution is 7.94. The summed E-state index contributed by atoms with van der Waals surface area (Å²) in [6, 6.07) is 0. The lowest BCUT2D eigenvalue weighted by molar-refractivity contribution is 0.490. The Bertz CT molecular complexity index is 51.4. The Morgan fingerprint density at radius 3 is 2.80 bits per heavy atom. The van der Waals surface area contributed by atoms with Crippen LogP contribution >= 0.6 is 12.0 Å². The van der Waals surface area contributed by atoms with Gasteiger partial charge in [0.1, 0.15) is 0 Å². The van der Waals surface area contributed by atoms with Crippen LogP contribution in [0, 0.1) is 0 Å². The minimum Gasteiger partial charge on any atom is -0.319 e. The Kier molecular flexibility index (Phi) is 2.14. The monoisotopic (exact) mass is 94.0 g/mol. The normalized spacial score (nSPS) is 17.2. The van der Waals surface area contributed by atoms with E-state index >= 15 is 0 Å². The van der Waals surface area contributed by atoms with Gasteiger partial charge >= 0.3 is 0 Å². The highest BCUT2D eigenvalue weighted by atomic mass is 32.2. The number of rotatable bonds is 2. The van der Waals surface area contributed by atoms with Gasteiger partial charge in [0.2, 0.25) is 0 Å². The van der Waals surface area contributed by atoms with Crippen LogP contribution in [0.1, 0.15) is 9.67 Å². The molecular weight excluding hydrogens is 84.1 g/mol. The van der Waals surface area contributed by atoms with Gasteiger partial charge in [-0.1, -0.05) is 6.92 Å². The van der Waals surface area contributed by atoms with Gasteiger partial charge < -0.3 is 4.18 Å². The Hall–Kier alpha value is 0.310. The van der Waals surface area contributed by atoms with E-state index in [1.807, 2.05) is 0 Å². The zero-order valence-electron chi connectivity index (χ0n) is 5.32. The molecule has 32 valence electrons. The van der Waals surface area contributed by atoms with Gasteiger partial charge in [-0.05, 0) is 12.0 Å². The van der Waals surface area contributed by atoms with Crippen LogP contribution in [0.2, 0.25) is 0 Å². The standard InChI is InChI=1S/C3H8OS/c1-3-5-4-2/h3H2,1-2H3/i3D2. The molecule has 0 unspecified atom stereocenters. The third kappa shape index (κ3) is 4.31. The lowest BCUT2D eigenvalue weighted by Crippen LogP contribution is -1.64. The van der Waals surface area contributed by atoms with E-state index in [1.54, 1.807) is 0 Å². The summed E-state index contributed by atoms with van der Waals surface area (Å²) in [5.74, 6) is 0. The molecule has 0 aromatic carbocycles. The first kappa shape index (κ1) is 2.48. The summed E-state index contributed by atoms with van der Waals surface area (Å²) in [7, 11) is 1.45. The molecule has 0 aromatic heterocycles. The fourth-order valence-corrected chi connectivity index (χ4v) is 0.250. The van der Waals surface area contributed by atoms with Gasteiger partial charge in [-0.25, -0.2) is 0 Å². The molecule has 0 aromatic rings. The Labute approximate surface area is 39.7 Å². The summed E-state index contributed by atoms with van der Waals surface area (Å²) in [4.78, 5) is 0. The molecule has 0 N–H and O–H groups in total. The molecule has 2 heteroatoms. The maximum absolute atomic E-state index is 6.84. The second-order valence-corrected chi connectivity index (χ2v) is 1.36. The maximum Gasteiger partial charge on any atom is 0.0503 e. The SMILES string of the molecule is [2H]C([2H])(C)SOC. The van der Waals surface area contributed by atoms with Gasteiger partial charge in [0.15, 0.2) is 0 Å². The summed E-state index contributed by atoms with van der Waals surface area (Å²) in [6.07, 6.45) is 0. The van der Waals surface area contributed by atoms with Crippen LogP contribution in [-0.2, 0) is 4.18 Å². The minimum absolute atomic E-state index is 0.822. The van der Waals surface area contributed by atoms with Crippen molar-refractivity contribution in [3.63, 3.8) is 0 Å². The van der Waals surface area contributed by atoms with E-state index in [9.17, 15) is 0 Å². The van der Waals surface area contributed by atoms with Gasteiger partial charge in [0.25, 0.3) is 0 Å². The Balaban J connectivity index is 3.15. The molecule has 5 heavy (non-hydrogen) atoms. The van der Waals surface area contributed by atoms with Crippen molar-refractivity contribution in [3.05, 3.63) is 0 Å². The first-order valence-electron chi connectivity index (χ1n) is 2.28. The molecular formula is C3H8OS. The van der Waals surface area contributed by atoms with Crippen molar-refractivity contribution in [1.29, 1.82) is 0 Å². The molecule has 0 aliphatic carbocycles. The van der Waals surface area contributed by atoms with E-state index in [0.29, 0.717) is 0 Å². The predicted octanol–water partition coefficient (Wildman–Crippen LogP) is 1.30. The van der Waals surface area contributed by atoms with Gasteiger partial charge in [-0.3, -0.25) is 0 Å². The van der Waals surface area contributed by atoms with Gasteiger partial charge in [0, 0.05) is 8.45 Å². The summed E-state index contributed by atoms with van der Waals surface area (Å²) >= 11 is 0.822. The summed E-state index contributed by atoms with van der Waals surface area (Å²) in [6.45, 7) is 1.45. The quantitative estimate of drug-likeness (QED) is 0.477. The first-order chi connectivity index (χ1) is 3.06. The number of hydrogen-bond donors (Lipinski definition) is 0. The van der Waals surface area contributed by atoms with Crippen molar-refractivity contribution in [2.45, 2.75) is 6.92 Å². The molecule has 0 fully saturated rings. The highest BCUT2D eigenvalue weighted by Gasteiger charge is 1.67. The average molecular weight is 94.2 g/mol. The highest BCUT2D eigenvalue weighted by Crippen LogP contribution is 1.94. The molecule has 0 radical (unpaired) electrons. The van der Waals surface area contributed by atoms with Crippen LogP contribution < -0.4 is 0 Å². The van der Waals surface area contributed by atoms with E-state index < -0.39 is 5.70 Å². The summed E-state index contributed by atoms with van der Waals surface area (Å²) < 4.78 is 18.1. The van der Waals surface area contributed by atoms with Crippen molar-refractivity contribution >= 4 is 12.0 Å². The van der Waals surface area contributed by atoms with E-state index in [0.717, 1.165) is 12.0 Å². The molecule has 0 amide bonds. The smallest absolute Gasteiger partial charge is 0.0503 e. The largest absolute Gasteiger partial charge is 0.319 e. The van der Waals surface area contributed by atoms with E-state index in [4.69, 9.17) is 2.74 Å². The fraction of sp³-hybridized carbons (Fsp3) is 1.00. The predicted molar refractivity (Wildman–Crippen MR) is 25.1 cm³/mol. The first-order valence-corrected chi connectivity index (χ1v) is 2.02. The molecule has 0 saturated carbocycles. The molecule has 0 heterocycles. The lowest BCUT2D eigenvalue weighted by Gasteiger charge is -1.82. The Morgan fingerprint density at radius 1 is 2.20 bits per heavy atom. The van der Waals surface area contributed by atoms with E-state index in [1.165, 1.54) is 14.0 Å². The number of hydrogen-bond acceptors (Lipinski definition) is 2. The molecule has 0 spiro atoms. The van der Waals surface area contributed by atoms with Crippen molar-refractivity contribution in [2.24, 2.45) is 0 Å². The second kappa shape index (κ2) is 4.31. The summed E-state index contributed by atoms with van der Waals surface area (Å²) in [5, 5.41) is 0. The van der Waals surface area contributed by atoms with Crippen molar-refractivity contribution in [2.75, 3.05) is 12.8 Å². The molecule has 0 aliphatic rings. The van der Waals surface area contributed by atoms with Crippen LogP contribution in [-0.4, -0.2) is 12.8 Å². The Morgan fingerprint density at radius 2 is 2.80 bits per heavy atom. The molecule has 0 bridgehead atoms. The molecule has 0 aliphatic heterocycles. The summed E-state index contributed by atoms with van der Waals surface area (Å²) in [5.41, 5.74) is -1.26. The minimum atomic E-state index is -1.26. The van der Waals surface area contributed by atoms with Crippen LogP contribution in [0.3, 0.4) is 0 Å². The zero-order chi connectivity index (χ0) is 5.91. The van der Waals surface area contributed by atoms with Gasteiger partial charge in [-0.2, -0.15) is 0 Å². The van der Waals surface area contributed by atoms with Gasteiger partial charge in [0.05, 0.1) is 7.11 Å². The van der Waals surface area contributed by atoms with E-state index in [2.05, 4.69) is 4.18 Å². The average Bonchev–Trinajstić information content (AvgIpc) is 1.30.